The molecule has 1 aliphatic heterocycles. The van der Waals surface area contributed by atoms with Gasteiger partial charge in [0.15, 0.2) is 0 Å². The molecule has 4 heteroatoms. The number of halogens is 1. The number of amides is 1. The van der Waals surface area contributed by atoms with Crippen LogP contribution in [0.15, 0.2) is 18.2 Å². The molecule has 0 aromatic heterocycles. The number of carbonyl (C=O) groups is 1. The summed E-state index contributed by atoms with van der Waals surface area (Å²) in [5.74, 6) is 0.760. The van der Waals surface area contributed by atoms with Crippen molar-refractivity contribution in [3.05, 3.63) is 27.3 Å². The summed E-state index contributed by atoms with van der Waals surface area (Å²) in [4.78, 5) is 14.2. The Balaban J connectivity index is 2.22. The first-order chi connectivity index (χ1) is 7.99. The van der Waals surface area contributed by atoms with E-state index in [9.17, 15) is 9.90 Å². The maximum atomic E-state index is 12.3. The first kappa shape index (κ1) is 12.7. The summed E-state index contributed by atoms with van der Waals surface area (Å²) in [7, 11) is 0. The number of likely N-dealkylation sites (tertiary alicyclic amines) is 1. The van der Waals surface area contributed by atoms with E-state index in [4.69, 9.17) is 0 Å². The molecule has 3 nitrogen and oxygen atoms in total. The van der Waals surface area contributed by atoms with E-state index in [1.807, 2.05) is 27.5 Å². The lowest BCUT2D eigenvalue weighted by Crippen LogP contribution is -2.33. The van der Waals surface area contributed by atoms with Gasteiger partial charge in [-0.15, -0.1) is 0 Å². The summed E-state index contributed by atoms with van der Waals surface area (Å²) in [6.07, 6.45) is 1.06. The Hall–Kier alpha value is -0.780. The third kappa shape index (κ3) is 2.56. The summed E-state index contributed by atoms with van der Waals surface area (Å²) in [5.41, 5.74) is 0.573. The van der Waals surface area contributed by atoms with Crippen LogP contribution in [0.2, 0.25) is 0 Å². The van der Waals surface area contributed by atoms with Gasteiger partial charge in [-0.1, -0.05) is 6.92 Å². The lowest BCUT2D eigenvalue weighted by molar-refractivity contribution is 0.0743. The van der Waals surface area contributed by atoms with Gasteiger partial charge in [0.25, 0.3) is 5.91 Å². The second kappa shape index (κ2) is 4.84. The Morgan fingerprint density at radius 2 is 2.18 bits per heavy atom. The molecule has 0 spiro atoms. The van der Waals surface area contributed by atoms with E-state index in [2.05, 4.69) is 13.8 Å². The van der Waals surface area contributed by atoms with Crippen LogP contribution in [0, 0.1) is 9.49 Å². The molecule has 2 atom stereocenters. The minimum atomic E-state index is 0.0218. The predicted molar refractivity (Wildman–Crippen MR) is 75.1 cm³/mol. The zero-order valence-corrected chi connectivity index (χ0v) is 12.1. The number of hydrogen-bond acceptors (Lipinski definition) is 2. The van der Waals surface area contributed by atoms with Gasteiger partial charge in [0.05, 0.1) is 3.57 Å². The van der Waals surface area contributed by atoms with Crippen LogP contribution in [-0.2, 0) is 0 Å². The second-order valence-corrected chi connectivity index (χ2v) is 5.98. The molecule has 1 amide bonds. The van der Waals surface area contributed by atoms with Crippen molar-refractivity contribution < 1.29 is 9.90 Å². The molecular weight excluding hydrogens is 329 g/mol. The first-order valence-corrected chi connectivity index (χ1v) is 6.86. The molecule has 1 aromatic carbocycles. The zero-order valence-electron chi connectivity index (χ0n) is 9.98. The number of rotatable bonds is 1. The van der Waals surface area contributed by atoms with Crippen LogP contribution in [0.25, 0.3) is 0 Å². The van der Waals surface area contributed by atoms with E-state index in [0.29, 0.717) is 17.5 Å². The molecule has 1 aliphatic rings. The van der Waals surface area contributed by atoms with Crippen molar-refractivity contribution in [2.24, 2.45) is 5.92 Å². The van der Waals surface area contributed by atoms with Gasteiger partial charge in [0.2, 0.25) is 0 Å². The minimum Gasteiger partial charge on any atom is -0.507 e. The molecule has 0 aliphatic carbocycles. The smallest absolute Gasteiger partial charge is 0.254 e. The Bertz CT molecular complexity index is 447. The summed E-state index contributed by atoms with van der Waals surface area (Å²) >= 11 is 2.05. The third-order valence-corrected chi connectivity index (χ3v) is 4.15. The number of phenols is 1. The van der Waals surface area contributed by atoms with Crippen molar-refractivity contribution in [1.29, 1.82) is 0 Å². The van der Waals surface area contributed by atoms with Gasteiger partial charge in [-0.2, -0.15) is 0 Å². The summed E-state index contributed by atoms with van der Waals surface area (Å²) in [6, 6.07) is 5.39. The fourth-order valence-corrected chi connectivity index (χ4v) is 2.73. The van der Waals surface area contributed by atoms with Crippen molar-refractivity contribution in [2.75, 3.05) is 6.54 Å². The maximum Gasteiger partial charge on any atom is 0.254 e. The Kier molecular flexibility index (Phi) is 3.61. The molecule has 0 radical (unpaired) electrons. The summed E-state index contributed by atoms with van der Waals surface area (Å²) in [5, 5.41) is 9.63. The highest BCUT2D eigenvalue weighted by atomic mass is 127. The van der Waals surface area contributed by atoms with Gasteiger partial charge < -0.3 is 10.0 Å². The van der Waals surface area contributed by atoms with Crippen LogP contribution in [0.5, 0.6) is 5.75 Å². The molecular formula is C13H16INO2. The van der Waals surface area contributed by atoms with Gasteiger partial charge >= 0.3 is 0 Å². The van der Waals surface area contributed by atoms with Gasteiger partial charge in [-0.05, 0) is 60.1 Å². The number of nitrogens with zero attached hydrogens (tertiary/aromatic N) is 1. The lowest BCUT2D eigenvalue weighted by atomic mass is 10.1. The van der Waals surface area contributed by atoms with Crippen LogP contribution in [0.1, 0.15) is 30.6 Å². The van der Waals surface area contributed by atoms with Crippen molar-refractivity contribution in [2.45, 2.75) is 26.3 Å². The molecule has 1 aromatic rings. The minimum absolute atomic E-state index is 0.0218. The molecule has 1 fully saturated rings. The van der Waals surface area contributed by atoms with E-state index in [0.717, 1.165) is 16.5 Å². The molecule has 17 heavy (non-hydrogen) atoms. The standard InChI is InChI=1S/C13H16INO2/c1-8-5-9(2)15(7-8)13(17)10-3-4-11(14)12(16)6-10/h3-4,6,8-9,16H,5,7H2,1-2H3. The van der Waals surface area contributed by atoms with Gasteiger partial charge in [-0.3, -0.25) is 4.79 Å². The fourth-order valence-electron chi connectivity index (χ4n) is 2.39. The van der Waals surface area contributed by atoms with E-state index in [-0.39, 0.29) is 11.7 Å². The average Bonchev–Trinajstić information content (AvgIpc) is 2.61. The SMILES string of the molecule is CC1CC(C)N(C(=O)c2ccc(I)c(O)c2)C1. The monoisotopic (exact) mass is 345 g/mol. The van der Waals surface area contributed by atoms with E-state index in [1.165, 1.54) is 0 Å². The average molecular weight is 345 g/mol. The van der Waals surface area contributed by atoms with Gasteiger partial charge in [0, 0.05) is 18.2 Å². The maximum absolute atomic E-state index is 12.3. The number of carbonyl (C=O) groups excluding carboxylic acids is 1. The highest BCUT2D eigenvalue weighted by molar-refractivity contribution is 14.1. The third-order valence-electron chi connectivity index (χ3n) is 3.24. The predicted octanol–water partition coefficient (Wildman–Crippen LogP) is 2.87. The van der Waals surface area contributed by atoms with Gasteiger partial charge in [0.1, 0.15) is 5.75 Å². The Labute approximate surface area is 115 Å². The zero-order chi connectivity index (χ0) is 12.6. The highest BCUT2D eigenvalue weighted by Gasteiger charge is 2.30. The van der Waals surface area contributed by atoms with Crippen molar-refractivity contribution in [1.82, 2.24) is 4.90 Å². The highest BCUT2D eigenvalue weighted by Crippen LogP contribution is 2.26. The van der Waals surface area contributed by atoms with Crippen LogP contribution in [0.4, 0.5) is 0 Å². The molecule has 0 saturated carbocycles. The number of phenolic OH excluding ortho intramolecular Hbond substituents is 1. The van der Waals surface area contributed by atoms with E-state index in [1.54, 1.807) is 18.2 Å². The molecule has 1 heterocycles. The van der Waals surface area contributed by atoms with Crippen molar-refractivity contribution in [3.63, 3.8) is 0 Å². The Morgan fingerprint density at radius 1 is 1.47 bits per heavy atom. The number of benzene rings is 1. The Morgan fingerprint density at radius 3 is 2.71 bits per heavy atom. The normalized spacial score (nSPS) is 24.1. The molecule has 1 saturated heterocycles. The van der Waals surface area contributed by atoms with E-state index >= 15 is 0 Å². The molecule has 2 rings (SSSR count). The largest absolute Gasteiger partial charge is 0.507 e. The molecule has 1 N–H and O–H groups in total. The summed E-state index contributed by atoms with van der Waals surface area (Å²) in [6.45, 7) is 5.05. The van der Waals surface area contributed by atoms with Crippen molar-refractivity contribution >= 4 is 28.5 Å². The molecule has 2 unspecified atom stereocenters. The molecule has 0 bridgehead atoms. The molecule has 92 valence electrons. The summed E-state index contributed by atoms with van der Waals surface area (Å²) < 4.78 is 0.766. The van der Waals surface area contributed by atoms with Crippen LogP contribution in [-0.4, -0.2) is 28.5 Å². The lowest BCUT2D eigenvalue weighted by Gasteiger charge is -2.21. The van der Waals surface area contributed by atoms with E-state index < -0.39 is 0 Å². The number of hydrogen-bond donors (Lipinski definition) is 1. The topological polar surface area (TPSA) is 40.5 Å². The second-order valence-electron chi connectivity index (χ2n) is 4.81. The van der Waals surface area contributed by atoms with Crippen molar-refractivity contribution in [3.8, 4) is 5.75 Å². The fraction of sp³-hybridized carbons (Fsp3) is 0.462. The van der Waals surface area contributed by atoms with Crippen LogP contribution < -0.4 is 0 Å². The van der Waals surface area contributed by atoms with Gasteiger partial charge in [-0.25, -0.2) is 0 Å². The quantitative estimate of drug-likeness (QED) is 0.796. The number of aromatic hydroxyl groups is 1. The first-order valence-electron chi connectivity index (χ1n) is 5.78. The van der Waals surface area contributed by atoms with Crippen LogP contribution >= 0.6 is 22.6 Å². The van der Waals surface area contributed by atoms with Crippen LogP contribution in [0.3, 0.4) is 0 Å².